The molecule has 2 rings (SSSR count). The quantitative estimate of drug-likeness (QED) is 0.919. The number of hydrogen-bond donors (Lipinski definition) is 1. The highest BCUT2D eigenvalue weighted by molar-refractivity contribution is 5.32. The number of benzene rings is 1. The molecule has 112 valence electrons. The Hall–Kier alpha value is -2.15. The van der Waals surface area contributed by atoms with Gasteiger partial charge in [-0.15, -0.1) is 0 Å². The Morgan fingerprint density at radius 3 is 2.76 bits per heavy atom. The summed E-state index contributed by atoms with van der Waals surface area (Å²) in [6, 6.07) is 4.64. The summed E-state index contributed by atoms with van der Waals surface area (Å²) in [7, 11) is 0. The molecule has 0 atom stereocenters. The van der Waals surface area contributed by atoms with Crippen LogP contribution in [0.5, 0.6) is 11.6 Å². The van der Waals surface area contributed by atoms with E-state index in [9.17, 15) is 13.2 Å². The molecular weight excluding hydrogens is 283 g/mol. The summed E-state index contributed by atoms with van der Waals surface area (Å²) >= 11 is 0. The van der Waals surface area contributed by atoms with E-state index in [-0.39, 0.29) is 11.6 Å². The van der Waals surface area contributed by atoms with Gasteiger partial charge in [0.15, 0.2) is 0 Å². The van der Waals surface area contributed by atoms with Crippen LogP contribution in [0.25, 0.3) is 0 Å². The van der Waals surface area contributed by atoms with Crippen molar-refractivity contribution in [1.82, 2.24) is 15.3 Å². The van der Waals surface area contributed by atoms with Gasteiger partial charge in [-0.1, -0.05) is 13.0 Å². The van der Waals surface area contributed by atoms with Crippen molar-refractivity contribution in [2.75, 3.05) is 6.54 Å². The average Bonchev–Trinajstić information content (AvgIpc) is 2.45. The fourth-order valence-electron chi connectivity index (χ4n) is 1.63. The van der Waals surface area contributed by atoms with E-state index in [1.165, 1.54) is 18.3 Å². The lowest BCUT2D eigenvalue weighted by Gasteiger charge is -2.10. The Balaban J connectivity index is 2.14. The third-order valence-corrected chi connectivity index (χ3v) is 2.60. The molecule has 0 amide bonds. The van der Waals surface area contributed by atoms with Gasteiger partial charge in [0, 0.05) is 12.7 Å². The first kappa shape index (κ1) is 15.2. The van der Waals surface area contributed by atoms with E-state index in [1.807, 2.05) is 6.92 Å². The van der Waals surface area contributed by atoms with Crippen molar-refractivity contribution in [2.45, 2.75) is 19.6 Å². The predicted molar refractivity (Wildman–Crippen MR) is 70.9 cm³/mol. The minimum absolute atomic E-state index is 0.0692. The number of hydrogen-bond acceptors (Lipinski definition) is 4. The van der Waals surface area contributed by atoms with Gasteiger partial charge in [-0.3, -0.25) is 4.98 Å². The van der Waals surface area contributed by atoms with E-state index < -0.39 is 11.7 Å². The van der Waals surface area contributed by atoms with Gasteiger partial charge in [0.1, 0.15) is 5.75 Å². The first-order valence-corrected chi connectivity index (χ1v) is 6.36. The van der Waals surface area contributed by atoms with E-state index >= 15 is 0 Å². The van der Waals surface area contributed by atoms with Crippen LogP contribution in [-0.4, -0.2) is 16.5 Å². The number of rotatable bonds is 5. The van der Waals surface area contributed by atoms with Gasteiger partial charge in [0.2, 0.25) is 5.88 Å². The standard InChI is InChI=1S/C14H14F3N3O/c1-2-18-7-11-8-19-9-13(20-11)21-12-5-3-4-10(6-12)14(15,16)17/h3-6,8-9,18H,2,7H2,1H3. The molecule has 2 aromatic rings. The number of nitrogens with one attached hydrogen (secondary N) is 1. The van der Waals surface area contributed by atoms with Crippen molar-refractivity contribution in [3.63, 3.8) is 0 Å². The van der Waals surface area contributed by atoms with Crippen molar-refractivity contribution in [2.24, 2.45) is 0 Å². The molecule has 1 aromatic carbocycles. The van der Waals surface area contributed by atoms with Crippen molar-refractivity contribution in [3.8, 4) is 11.6 Å². The summed E-state index contributed by atoms with van der Waals surface area (Å²) in [6.07, 6.45) is -1.48. The van der Waals surface area contributed by atoms with E-state index in [0.29, 0.717) is 12.2 Å². The van der Waals surface area contributed by atoms with Crippen LogP contribution in [-0.2, 0) is 12.7 Å². The first-order chi connectivity index (χ1) is 9.99. The summed E-state index contributed by atoms with van der Waals surface area (Å²) < 4.78 is 43.2. The summed E-state index contributed by atoms with van der Waals surface area (Å²) in [4.78, 5) is 8.12. The highest BCUT2D eigenvalue weighted by Gasteiger charge is 2.30. The second-order valence-electron chi connectivity index (χ2n) is 4.26. The van der Waals surface area contributed by atoms with Gasteiger partial charge in [-0.2, -0.15) is 13.2 Å². The summed E-state index contributed by atoms with van der Waals surface area (Å²) in [5.74, 6) is 0.226. The smallest absolute Gasteiger partial charge is 0.416 e. The van der Waals surface area contributed by atoms with Crippen LogP contribution in [0.1, 0.15) is 18.2 Å². The van der Waals surface area contributed by atoms with Crippen molar-refractivity contribution >= 4 is 0 Å². The van der Waals surface area contributed by atoms with Crippen LogP contribution in [0.15, 0.2) is 36.7 Å². The molecule has 1 N–H and O–H groups in total. The number of halogens is 3. The van der Waals surface area contributed by atoms with E-state index in [1.54, 1.807) is 6.20 Å². The van der Waals surface area contributed by atoms with Crippen LogP contribution in [0, 0.1) is 0 Å². The molecule has 1 aromatic heterocycles. The Bertz CT molecular complexity index is 602. The van der Waals surface area contributed by atoms with Gasteiger partial charge in [-0.05, 0) is 24.7 Å². The molecular formula is C14H14F3N3O. The zero-order chi connectivity index (χ0) is 15.3. The van der Waals surface area contributed by atoms with Gasteiger partial charge in [-0.25, -0.2) is 4.98 Å². The maximum atomic E-state index is 12.6. The Labute approximate surface area is 120 Å². The van der Waals surface area contributed by atoms with E-state index in [4.69, 9.17) is 4.74 Å². The molecule has 0 aliphatic rings. The monoisotopic (exact) mass is 297 g/mol. The second-order valence-corrected chi connectivity index (χ2v) is 4.26. The minimum atomic E-state index is -4.40. The van der Waals surface area contributed by atoms with Crippen molar-refractivity contribution in [3.05, 3.63) is 47.9 Å². The number of ether oxygens (including phenoxy) is 1. The van der Waals surface area contributed by atoms with Crippen LogP contribution in [0.4, 0.5) is 13.2 Å². The minimum Gasteiger partial charge on any atom is -0.437 e. The molecule has 0 aliphatic carbocycles. The fourth-order valence-corrected chi connectivity index (χ4v) is 1.63. The summed E-state index contributed by atoms with van der Waals surface area (Å²) in [5, 5.41) is 3.08. The maximum absolute atomic E-state index is 12.6. The van der Waals surface area contributed by atoms with Crippen molar-refractivity contribution in [1.29, 1.82) is 0 Å². The zero-order valence-electron chi connectivity index (χ0n) is 11.3. The summed E-state index contributed by atoms with van der Waals surface area (Å²) in [5.41, 5.74) is -0.113. The highest BCUT2D eigenvalue weighted by Crippen LogP contribution is 2.32. The predicted octanol–water partition coefficient (Wildman–Crippen LogP) is 3.40. The SMILES string of the molecule is CCNCc1cncc(Oc2cccc(C(F)(F)F)c2)n1. The normalized spacial score (nSPS) is 11.4. The Morgan fingerprint density at radius 1 is 1.24 bits per heavy atom. The molecule has 0 bridgehead atoms. The Morgan fingerprint density at radius 2 is 2.05 bits per heavy atom. The van der Waals surface area contributed by atoms with Crippen LogP contribution < -0.4 is 10.1 Å². The molecule has 0 fully saturated rings. The topological polar surface area (TPSA) is 47.0 Å². The molecule has 7 heteroatoms. The molecule has 1 heterocycles. The van der Waals surface area contributed by atoms with Gasteiger partial charge in [0.05, 0.1) is 17.5 Å². The van der Waals surface area contributed by atoms with E-state index in [0.717, 1.165) is 18.7 Å². The first-order valence-electron chi connectivity index (χ1n) is 6.36. The second kappa shape index (κ2) is 6.53. The van der Waals surface area contributed by atoms with Gasteiger partial charge < -0.3 is 10.1 Å². The number of nitrogens with zero attached hydrogens (tertiary/aromatic N) is 2. The molecule has 0 spiro atoms. The van der Waals surface area contributed by atoms with E-state index in [2.05, 4.69) is 15.3 Å². The lowest BCUT2D eigenvalue weighted by atomic mass is 10.2. The average molecular weight is 297 g/mol. The number of aromatic nitrogens is 2. The van der Waals surface area contributed by atoms with Crippen molar-refractivity contribution < 1.29 is 17.9 Å². The Kier molecular flexibility index (Phi) is 4.74. The lowest BCUT2D eigenvalue weighted by Crippen LogP contribution is -2.13. The van der Waals surface area contributed by atoms with Gasteiger partial charge in [0.25, 0.3) is 0 Å². The zero-order valence-corrected chi connectivity index (χ0v) is 11.3. The lowest BCUT2D eigenvalue weighted by molar-refractivity contribution is -0.137. The fraction of sp³-hybridized carbons (Fsp3) is 0.286. The van der Waals surface area contributed by atoms with Gasteiger partial charge >= 0.3 is 6.18 Å². The third kappa shape index (κ3) is 4.42. The molecule has 21 heavy (non-hydrogen) atoms. The van der Waals surface area contributed by atoms with Crippen LogP contribution >= 0.6 is 0 Å². The maximum Gasteiger partial charge on any atom is 0.416 e. The summed E-state index contributed by atoms with van der Waals surface area (Å²) in [6.45, 7) is 3.25. The largest absolute Gasteiger partial charge is 0.437 e. The van der Waals surface area contributed by atoms with Crippen LogP contribution in [0.3, 0.4) is 0 Å². The third-order valence-electron chi connectivity index (χ3n) is 2.60. The molecule has 0 aliphatic heterocycles. The number of alkyl halides is 3. The molecule has 0 radical (unpaired) electrons. The highest BCUT2D eigenvalue weighted by atomic mass is 19.4. The molecule has 0 saturated heterocycles. The molecule has 4 nitrogen and oxygen atoms in total. The molecule has 0 unspecified atom stereocenters. The van der Waals surface area contributed by atoms with Crippen LogP contribution in [0.2, 0.25) is 0 Å². The molecule has 0 saturated carbocycles.